The van der Waals surface area contributed by atoms with Gasteiger partial charge in [0.2, 0.25) is 0 Å². The van der Waals surface area contributed by atoms with E-state index in [0.717, 1.165) is 24.5 Å². The van der Waals surface area contributed by atoms with Crippen LogP contribution in [0.5, 0.6) is 11.5 Å². The standard InChI is InChI=1S/C14H18N2O3/c1-9-12(18-2)5-4-10(14(9)19-3)11(17)8-13-15-6-7-16-13/h4-5H,6-8H2,1-3H3,(H,15,16). The molecule has 0 saturated heterocycles. The number of aliphatic imine (C=N–C) groups is 1. The summed E-state index contributed by atoms with van der Waals surface area (Å²) in [6, 6.07) is 3.53. The second-order valence-corrected chi connectivity index (χ2v) is 4.33. The number of benzene rings is 1. The molecular formula is C14H18N2O3. The number of hydrogen-bond donors (Lipinski definition) is 1. The highest BCUT2D eigenvalue weighted by Crippen LogP contribution is 2.31. The molecule has 19 heavy (non-hydrogen) atoms. The van der Waals surface area contributed by atoms with E-state index in [9.17, 15) is 4.79 Å². The number of ether oxygens (including phenoxy) is 2. The zero-order chi connectivity index (χ0) is 13.8. The van der Waals surface area contributed by atoms with Gasteiger partial charge in [0.15, 0.2) is 5.78 Å². The van der Waals surface area contributed by atoms with Crippen LogP contribution < -0.4 is 14.8 Å². The van der Waals surface area contributed by atoms with E-state index < -0.39 is 0 Å². The quantitative estimate of drug-likeness (QED) is 0.819. The molecule has 1 aromatic carbocycles. The Kier molecular flexibility index (Phi) is 4.04. The van der Waals surface area contributed by atoms with Crippen molar-refractivity contribution in [1.82, 2.24) is 5.32 Å². The highest BCUT2D eigenvalue weighted by atomic mass is 16.5. The van der Waals surface area contributed by atoms with Gasteiger partial charge >= 0.3 is 0 Å². The van der Waals surface area contributed by atoms with Gasteiger partial charge in [0.25, 0.3) is 0 Å². The van der Waals surface area contributed by atoms with Crippen molar-refractivity contribution in [3.8, 4) is 11.5 Å². The predicted octanol–water partition coefficient (Wildman–Crippen LogP) is 1.59. The van der Waals surface area contributed by atoms with E-state index in [4.69, 9.17) is 9.47 Å². The maximum atomic E-state index is 12.3. The Morgan fingerprint density at radius 1 is 1.37 bits per heavy atom. The molecule has 0 aliphatic carbocycles. The Balaban J connectivity index is 2.28. The van der Waals surface area contributed by atoms with Crippen molar-refractivity contribution in [2.75, 3.05) is 27.3 Å². The van der Waals surface area contributed by atoms with E-state index in [1.165, 1.54) is 0 Å². The average molecular weight is 262 g/mol. The molecular weight excluding hydrogens is 244 g/mol. The number of nitrogens with one attached hydrogen (secondary N) is 1. The average Bonchev–Trinajstić information content (AvgIpc) is 2.91. The molecule has 0 saturated carbocycles. The summed E-state index contributed by atoms with van der Waals surface area (Å²) < 4.78 is 10.6. The molecule has 0 atom stereocenters. The topological polar surface area (TPSA) is 59.9 Å². The van der Waals surface area contributed by atoms with Gasteiger partial charge in [-0.25, -0.2) is 0 Å². The lowest BCUT2D eigenvalue weighted by molar-refractivity contribution is 0.0997. The summed E-state index contributed by atoms with van der Waals surface area (Å²) >= 11 is 0. The smallest absolute Gasteiger partial charge is 0.174 e. The first kappa shape index (κ1) is 13.4. The second kappa shape index (κ2) is 5.73. The number of Topliss-reactive ketones (excluding diaryl/α,β-unsaturated/α-hetero) is 1. The van der Waals surface area contributed by atoms with E-state index >= 15 is 0 Å². The number of methoxy groups -OCH3 is 2. The van der Waals surface area contributed by atoms with Crippen molar-refractivity contribution in [2.45, 2.75) is 13.3 Å². The summed E-state index contributed by atoms with van der Waals surface area (Å²) in [5, 5.41) is 3.10. The molecule has 102 valence electrons. The van der Waals surface area contributed by atoms with Crippen LogP contribution in [0.2, 0.25) is 0 Å². The van der Waals surface area contributed by atoms with E-state index in [1.54, 1.807) is 26.4 Å². The van der Waals surface area contributed by atoms with E-state index in [1.807, 2.05) is 6.92 Å². The summed E-state index contributed by atoms with van der Waals surface area (Å²) in [5.74, 6) is 2.03. The Morgan fingerprint density at radius 2 is 2.16 bits per heavy atom. The van der Waals surface area contributed by atoms with Crippen molar-refractivity contribution < 1.29 is 14.3 Å². The molecule has 0 unspecified atom stereocenters. The number of nitrogens with zero attached hydrogens (tertiary/aromatic N) is 1. The van der Waals surface area contributed by atoms with Crippen LogP contribution in [0.25, 0.3) is 0 Å². The van der Waals surface area contributed by atoms with Crippen LogP contribution in [0.1, 0.15) is 22.3 Å². The minimum absolute atomic E-state index is 0.00393. The molecule has 1 N–H and O–H groups in total. The summed E-state index contributed by atoms with van der Waals surface area (Å²) in [5.41, 5.74) is 1.40. The van der Waals surface area contributed by atoms with Gasteiger partial charge in [0.1, 0.15) is 17.3 Å². The third-order valence-electron chi connectivity index (χ3n) is 3.15. The lowest BCUT2D eigenvalue weighted by Gasteiger charge is -2.13. The maximum Gasteiger partial charge on any atom is 0.174 e. The van der Waals surface area contributed by atoms with Crippen molar-refractivity contribution in [3.05, 3.63) is 23.3 Å². The molecule has 1 aliphatic rings. The Hall–Kier alpha value is -2.04. The molecule has 1 heterocycles. The largest absolute Gasteiger partial charge is 0.496 e. The normalized spacial score (nSPS) is 13.7. The van der Waals surface area contributed by atoms with Gasteiger partial charge < -0.3 is 14.8 Å². The lowest BCUT2D eigenvalue weighted by Crippen LogP contribution is -2.22. The molecule has 5 nitrogen and oxygen atoms in total. The summed E-state index contributed by atoms with van der Waals surface area (Å²) in [6.45, 7) is 3.42. The number of hydrogen-bond acceptors (Lipinski definition) is 5. The molecule has 0 amide bonds. The molecule has 2 rings (SSSR count). The van der Waals surface area contributed by atoms with Gasteiger partial charge in [-0.05, 0) is 19.1 Å². The Bertz CT molecular complexity index is 524. The fraction of sp³-hybridized carbons (Fsp3) is 0.429. The predicted molar refractivity (Wildman–Crippen MR) is 73.5 cm³/mol. The summed E-state index contributed by atoms with van der Waals surface area (Å²) in [6.07, 6.45) is 0.280. The molecule has 1 aromatic rings. The molecule has 0 fully saturated rings. The molecule has 0 radical (unpaired) electrons. The number of rotatable bonds is 5. The highest BCUT2D eigenvalue weighted by molar-refractivity contribution is 6.10. The van der Waals surface area contributed by atoms with Crippen LogP contribution in [0, 0.1) is 6.92 Å². The Labute approximate surface area is 112 Å². The van der Waals surface area contributed by atoms with Gasteiger partial charge in [-0.3, -0.25) is 9.79 Å². The minimum atomic E-state index is -0.00393. The third-order valence-corrected chi connectivity index (χ3v) is 3.15. The fourth-order valence-electron chi connectivity index (χ4n) is 2.19. The Morgan fingerprint density at radius 3 is 2.74 bits per heavy atom. The van der Waals surface area contributed by atoms with E-state index in [0.29, 0.717) is 17.1 Å². The number of ketones is 1. The molecule has 5 heteroatoms. The van der Waals surface area contributed by atoms with Crippen molar-refractivity contribution in [3.63, 3.8) is 0 Å². The molecule has 1 aliphatic heterocycles. The molecule has 0 spiro atoms. The first-order valence-electron chi connectivity index (χ1n) is 6.19. The number of carbonyl (C=O) groups is 1. The van der Waals surface area contributed by atoms with Crippen LogP contribution in [-0.4, -0.2) is 38.9 Å². The van der Waals surface area contributed by atoms with Gasteiger partial charge in [-0.1, -0.05) is 0 Å². The molecule has 0 bridgehead atoms. The number of amidine groups is 1. The lowest BCUT2D eigenvalue weighted by atomic mass is 10.0. The fourth-order valence-corrected chi connectivity index (χ4v) is 2.19. The summed E-state index contributed by atoms with van der Waals surface area (Å²) in [4.78, 5) is 16.5. The van der Waals surface area contributed by atoms with Crippen LogP contribution in [-0.2, 0) is 0 Å². The van der Waals surface area contributed by atoms with Crippen LogP contribution in [0.3, 0.4) is 0 Å². The van der Waals surface area contributed by atoms with E-state index in [-0.39, 0.29) is 12.2 Å². The minimum Gasteiger partial charge on any atom is -0.496 e. The van der Waals surface area contributed by atoms with Crippen molar-refractivity contribution in [1.29, 1.82) is 0 Å². The van der Waals surface area contributed by atoms with Crippen LogP contribution in [0.4, 0.5) is 0 Å². The van der Waals surface area contributed by atoms with Crippen LogP contribution >= 0.6 is 0 Å². The zero-order valence-electron chi connectivity index (χ0n) is 11.4. The van der Waals surface area contributed by atoms with Gasteiger partial charge in [-0.2, -0.15) is 0 Å². The monoisotopic (exact) mass is 262 g/mol. The van der Waals surface area contributed by atoms with Crippen molar-refractivity contribution >= 4 is 11.6 Å². The van der Waals surface area contributed by atoms with Gasteiger partial charge in [0.05, 0.1) is 32.7 Å². The van der Waals surface area contributed by atoms with Gasteiger partial charge in [0, 0.05) is 12.1 Å². The first-order chi connectivity index (χ1) is 9.17. The highest BCUT2D eigenvalue weighted by Gasteiger charge is 2.19. The van der Waals surface area contributed by atoms with Crippen LogP contribution in [0.15, 0.2) is 17.1 Å². The third kappa shape index (κ3) is 2.70. The van der Waals surface area contributed by atoms with Crippen molar-refractivity contribution in [2.24, 2.45) is 4.99 Å². The second-order valence-electron chi connectivity index (χ2n) is 4.33. The maximum absolute atomic E-state index is 12.3. The van der Waals surface area contributed by atoms with E-state index in [2.05, 4.69) is 10.3 Å². The molecule has 0 aromatic heterocycles. The zero-order valence-corrected chi connectivity index (χ0v) is 11.4. The number of carbonyl (C=O) groups excluding carboxylic acids is 1. The SMILES string of the molecule is COc1ccc(C(=O)CC2=NCCN2)c(OC)c1C. The first-order valence-corrected chi connectivity index (χ1v) is 6.19. The van der Waals surface area contributed by atoms with Gasteiger partial charge in [-0.15, -0.1) is 0 Å². The summed E-state index contributed by atoms with van der Waals surface area (Å²) in [7, 11) is 3.16.